The monoisotopic (exact) mass is 310 g/mol. The average Bonchev–Trinajstić information content (AvgIpc) is 3.12. The molecule has 0 bridgehead atoms. The Balaban J connectivity index is 1.96. The maximum Gasteiger partial charge on any atom is 0.345 e. The molecule has 1 aliphatic rings. The molecule has 0 saturated carbocycles. The van der Waals surface area contributed by atoms with Crippen LogP contribution in [0.15, 0.2) is 39.4 Å². The van der Waals surface area contributed by atoms with Crippen molar-refractivity contribution in [2.24, 2.45) is 0 Å². The van der Waals surface area contributed by atoms with Gasteiger partial charge >= 0.3 is 5.97 Å². The Morgan fingerprint density at radius 3 is 2.48 bits per heavy atom. The Morgan fingerprint density at radius 2 is 1.78 bits per heavy atom. The van der Waals surface area contributed by atoms with Crippen molar-refractivity contribution in [3.05, 3.63) is 58.5 Å². The van der Waals surface area contributed by atoms with Crippen molar-refractivity contribution in [1.29, 1.82) is 0 Å². The van der Waals surface area contributed by atoms with Gasteiger partial charge in [-0.15, -0.1) is 0 Å². The van der Waals surface area contributed by atoms with Crippen molar-refractivity contribution in [3.63, 3.8) is 0 Å². The van der Waals surface area contributed by atoms with Gasteiger partial charge in [0.1, 0.15) is 17.4 Å². The van der Waals surface area contributed by atoms with E-state index in [9.17, 15) is 14.4 Å². The van der Waals surface area contributed by atoms with Crippen molar-refractivity contribution in [2.75, 3.05) is 6.61 Å². The normalized spacial score (nSPS) is 13.1. The molecule has 0 N–H and O–H groups in total. The second-order valence-corrected chi connectivity index (χ2v) is 5.04. The lowest BCUT2D eigenvalue weighted by Crippen LogP contribution is -2.19. The predicted molar refractivity (Wildman–Crippen MR) is 77.7 cm³/mol. The maximum atomic E-state index is 12.6. The number of hydrogen-bond acceptors (Lipinski definition) is 6. The van der Waals surface area contributed by atoms with E-state index in [1.807, 2.05) is 0 Å². The summed E-state index contributed by atoms with van der Waals surface area (Å²) in [4.78, 5) is 37.1. The molecule has 6 nitrogen and oxygen atoms in total. The third kappa shape index (κ3) is 1.72. The number of esters is 1. The molecular formula is C17H10O6. The third-order valence-electron chi connectivity index (χ3n) is 3.75. The summed E-state index contributed by atoms with van der Waals surface area (Å²) in [6.07, 6.45) is 1.17. The van der Waals surface area contributed by atoms with Gasteiger partial charge in [-0.25, -0.2) is 4.79 Å². The molecule has 0 saturated heterocycles. The fourth-order valence-electron chi connectivity index (χ4n) is 2.73. The van der Waals surface area contributed by atoms with E-state index >= 15 is 0 Å². The van der Waals surface area contributed by atoms with E-state index in [2.05, 4.69) is 0 Å². The lowest BCUT2D eigenvalue weighted by atomic mass is 9.88. The molecule has 3 aromatic rings. The standard InChI is InChI=1S/C17H10O6/c1-2-21-17(20)10-7-22-16-11-12(18)8-5-3-4-6-9(8)13(19)15(11)23-14(10)16/h3-7H,2H2,1H3. The molecule has 0 amide bonds. The van der Waals surface area contributed by atoms with E-state index in [4.69, 9.17) is 13.6 Å². The number of carbonyl (C=O) groups excluding carboxylic acids is 3. The van der Waals surface area contributed by atoms with Gasteiger partial charge in [-0.3, -0.25) is 9.59 Å². The van der Waals surface area contributed by atoms with E-state index in [1.165, 1.54) is 6.26 Å². The second-order valence-electron chi connectivity index (χ2n) is 5.04. The fraction of sp³-hybridized carbons (Fsp3) is 0.118. The molecule has 2 heterocycles. The van der Waals surface area contributed by atoms with E-state index in [0.29, 0.717) is 5.56 Å². The van der Waals surface area contributed by atoms with Crippen LogP contribution in [0.5, 0.6) is 0 Å². The summed E-state index contributed by atoms with van der Waals surface area (Å²) >= 11 is 0. The van der Waals surface area contributed by atoms with Crippen LogP contribution in [0.2, 0.25) is 0 Å². The zero-order valence-corrected chi connectivity index (χ0v) is 12.0. The fourth-order valence-corrected chi connectivity index (χ4v) is 2.73. The van der Waals surface area contributed by atoms with E-state index in [0.717, 1.165) is 0 Å². The van der Waals surface area contributed by atoms with E-state index in [1.54, 1.807) is 31.2 Å². The number of fused-ring (bicyclic) bond motifs is 4. The molecule has 6 heteroatoms. The SMILES string of the molecule is CCOC(=O)c1coc2c3c(oc12)C(=O)c1ccccc1C3=O. The molecule has 2 aromatic heterocycles. The van der Waals surface area contributed by atoms with E-state index < -0.39 is 11.8 Å². The quantitative estimate of drug-likeness (QED) is 0.529. The van der Waals surface area contributed by atoms with Crippen LogP contribution in [-0.2, 0) is 4.74 Å². The van der Waals surface area contributed by atoms with Crippen molar-refractivity contribution in [3.8, 4) is 0 Å². The van der Waals surface area contributed by atoms with Crippen LogP contribution in [-0.4, -0.2) is 24.1 Å². The zero-order chi connectivity index (χ0) is 16.1. The summed E-state index contributed by atoms with van der Waals surface area (Å²) in [6, 6.07) is 6.49. The van der Waals surface area contributed by atoms with Crippen LogP contribution in [0, 0.1) is 0 Å². The average molecular weight is 310 g/mol. The number of ether oxygens (including phenoxy) is 1. The number of ketones is 2. The summed E-state index contributed by atoms with van der Waals surface area (Å²) in [5, 5.41) is 0. The summed E-state index contributed by atoms with van der Waals surface area (Å²) in [7, 11) is 0. The van der Waals surface area contributed by atoms with Gasteiger partial charge in [0.2, 0.25) is 11.6 Å². The van der Waals surface area contributed by atoms with Crippen molar-refractivity contribution in [2.45, 2.75) is 6.92 Å². The van der Waals surface area contributed by atoms with Gasteiger partial charge in [-0.05, 0) is 6.92 Å². The number of hydrogen-bond donors (Lipinski definition) is 0. The molecule has 114 valence electrons. The summed E-state index contributed by atoms with van der Waals surface area (Å²) < 4.78 is 15.7. The van der Waals surface area contributed by atoms with Crippen LogP contribution in [0.3, 0.4) is 0 Å². The van der Waals surface area contributed by atoms with Crippen molar-refractivity contribution in [1.82, 2.24) is 0 Å². The van der Waals surface area contributed by atoms with Crippen LogP contribution in [0.4, 0.5) is 0 Å². The summed E-state index contributed by atoms with van der Waals surface area (Å²) in [6.45, 7) is 1.86. The lowest BCUT2D eigenvalue weighted by molar-refractivity contribution is 0.0526. The van der Waals surface area contributed by atoms with Crippen LogP contribution in [0.25, 0.3) is 11.2 Å². The number of furan rings is 2. The Morgan fingerprint density at radius 1 is 1.09 bits per heavy atom. The molecule has 0 unspecified atom stereocenters. The highest BCUT2D eigenvalue weighted by molar-refractivity contribution is 6.31. The first kappa shape index (κ1) is 13.5. The number of carbonyl (C=O) groups is 3. The van der Waals surface area contributed by atoms with Crippen LogP contribution in [0.1, 0.15) is 49.3 Å². The van der Waals surface area contributed by atoms with Gasteiger partial charge in [-0.1, -0.05) is 24.3 Å². The predicted octanol–water partition coefficient (Wildman–Crippen LogP) is 2.98. The molecule has 0 radical (unpaired) electrons. The molecule has 0 aliphatic heterocycles. The Kier molecular flexibility index (Phi) is 2.74. The van der Waals surface area contributed by atoms with Gasteiger partial charge in [0.25, 0.3) is 0 Å². The first-order valence-corrected chi connectivity index (χ1v) is 7.03. The van der Waals surface area contributed by atoms with Gasteiger partial charge in [0, 0.05) is 11.1 Å². The largest absolute Gasteiger partial charge is 0.462 e. The molecule has 1 aromatic carbocycles. The molecule has 1 aliphatic carbocycles. The molecule has 0 atom stereocenters. The Labute approximate surface area is 129 Å². The first-order chi connectivity index (χ1) is 11.1. The molecule has 0 fully saturated rings. The number of benzene rings is 1. The summed E-state index contributed by atoms with van der Waals surface area (Å²) in [5.41, 5.74) is 0.833. The highest BCUT2D eigenvalue weighted by Gasteiger charge is 2.38. The first-order valence-electron chi connectivity index (χ1n) is 7.03. The maximum absolute atomic E-state index is 12.6. The minimum Gasteiger partial charge on any atom is -0.462 e. The minimum absolute atomic E-state index is 0.0549. The summed E-state index contributed by atoms with van der Waals surface area (Å²) in [5.74, 6) is -1.50. The van der Waals surface area contributed by atoms with Crippen LogP contribution >= 0.6 is 0 Å². The highest BCUT2D eigenvalue weighted by Crippen LogP contribution is 2.37. The molecule has 23 heavy (non-hydrogen) atoms. The Bertz CT molecular complexity index is 988. The lowest BCUT2D eigenvalue weighted by Gasteiger charge is -2.11. The van der Waals surface area contributed by atoms with Gasteiger partial charge in [0.15, 0.2) is 16.9 Å². The topological polar surface area (TPSA) is 86.7 Å². The van der Waals surface area contributed by atoms with Crippen molar-refractivity contribution < 1.29 is 28.0 Å². The zero-order valence-electron chi connectivity index (χ0n) is 12.0. The van der Waals surface area contributed by atoms with Gasteiger partial charge in [-0.2, -0.15) is 0 Å². The van der Waals surface area contributed by atoms with E-state index in [-0.39, 0.29) is 46.0 Å². The second kappa shape index (κ2) is 4.67. The third-order valence-corrected chi connectivity index (χ3v) is 3.75. The molecular weight excluding hydrogens is 300 g/mol. The molecule has 4 rings (SSSR count). The Hall–Kier alpha value is -3.15. The smallest absolute Gasteiger partial charge is 0.345 e. The number of rotatable bonds is 2. The van der Waals surface area contributed by atoms with Crippen LogP contribution < -0.4 is 0 Å². The molecule has 0 spiro atoms. The van der Waals surface area contributed by atoms with Gasteiger partial charge < -0.3 is 13.6 Å². The minimum atomic E-state index is -0.630. The van der Waals surface area contributed by atoms with Crippen molar-refractivity contribution >= 4 is 28.7 Å². The highest BCUT2D eigenvalue weighted by atomic mass is 16.5. The van der Waals surface area contributed by atoms with Gasteiger partial charge in [0.05, 0.1) is 6.61 Å².